The Bertz CT molecular complexity index is 1100. The number of esters is 1. The molecule has 0 fully saturated rings. The number of ether oxygens (including phenoxy) is 1. The van der Waals surface area contributed by atoms with Gasteiger partial charge in [-0.05, 0) is 39.0 Å². The van der Waals surface area contributed by atoms with Crippen LogP contribution in [0.15, 0.2) is 36.5 Å². The second-order valence-electron chi connectivity index (χ2n) is 6.64. The van der Waals surface area contributed by atoms with Crippen molar-refractivity contribution in [3.05, 3.63) is 59.0 Å². The predicted octanol–water partition coefficient (Wildman–Crippen LogP) is 1.92. The van der Waals surface area contributed by atoms with Gasteiger partial charge in [0.2, 0.25) is 0 Å². The van der Waals surface area contributed by atoms with Crippen molar-refractivity contribution >= 4 is 23.4 Å². The average molecular weight is 424 g/mol. The summed E-state index contributed by atoms with van der Waals surface area (Å²) in [6.45, 7) is 5.57. The van der Waals surface area contributed by atoms with Crippen LogP contribution in [0.4, 0.5) is 11.5 Å². The summed E-state index contributed by atoms with van der Waals surface area (Å²) in [5.74, 6) is -0.517. The van der Waals surface area contributed by atoms with Crippen molar-refractivity contribution in [1.29, 1.82) is 0 Å². The fraction of sp³-hybridized carbons (Fsp3) is 0.286. The zero-order valence-electron chi connectivity index (χ0n) is 17.5. The minimum Gasteiger partial charge on any atom is -0.462 e. The van der Waals surface area contributed by atoms with Crippen molar-refractivity contribution in [2.24, 2.45) is 0 Å². The first-order valence-electron chi connectivity index (χ1n) is 9.77. The van der Waals surface area contributed by atoms with Crippen LogP contribution in [0.25, 0.3) is 5.95 Å². The Hall–Kier alpha value is -3.79. The SMILES string of the molecule is CCOC(=O)c1cnc(-n2nc(C)cc2C)nc1Nc1ccccc1C(=O)NCCO. The summed E-state index contributed by atoms with van der Waals surface area (Å²) in [7, 11) is 0. The zero-order valence-corrected chi connectivity index (χ0v) is 17.5. The molecule has 3 aromatic rings. The normalized spacial score (nSPS) is 10.6. The lowest BCUT2D eigenvalue weighted by Crippen LogP contribution is -2.27. The van der Waals surface area contributed by atoms with Crippen LogP contribution in [-0.4, -0.2) is 56.5 Å². The summed E-state index contributed by atoms with van der Waals surface area (Å²) in [5, 5.41) is 19.0. The van der Waals surface area contributed by atoms with Crippen molar-refractivity contribution < 1.29 is 19.4 Å². The molecule has 0 aliphatic carbocycles. The predicted molar refractivity (Wildman–Crippen MR) is 114 cm³/mol. The van der Waals surface area contributed by atoms with E-state index in [1.54, 1.807) is 35.9 Å². The number of carbonyl (C=O) groups is 2. The van der Waals surface area contributed by atoms with Crippen LogP contribution < -0.4 is 10.6 Å². The number of rotatable bonds is 8. The number of para-hydroxylation sites is 1. The Balaban J connectivity index is 2.04. The van der Waals surface area contributed by atoms with Crippen molar-refractivity contribution in [2.45, 2.75) is 20.8 Å². The highest BCUT2D eigenvalue weighted by Gasteiger charge is 2.20. The maximum absolute atomic E-state index is 12.5. The minimum atomic E-state index is -0.591. The van der Waals surface area contributed by atoms with Crippen LogP contribution in [0.3, 0.4) is 0 Å². The number of hydrogen-bond acceptors (Lipinski definition) is 8. The largest absolute Gasteiger partial charge is 0.462 e. The van der Waals surface area contributed by atoms with Gasteiger partial charge >= 0.3 is 5.97 Å². The van der Waals surface area contributed by atoms with Crippen LogP contribution in [0, 0.1) is 13.8 Å². The van der Waals surface area contributed by atoms with Gasteiger partial charge in [-0.25, -0.2) is 14.5 Å². The average Bonchev–Trinajstić information content (AvgIpc) is 3.10. The topological polar surface area (TPSA) is 131 Å². The van der Waals surface area contributed by atoms with Crippen LogP contribution in [0.5, 0.6) is 0 Å². The number of hydrogen-bond donors (Lipinski definition) is 3. The number of anilines is 2. The van der Waals surface area contributed by atoms with Gasteiger partial charge in [0.1, 0.15) is 5.56 Å². The van der Waals surface area contributed by atoms with E-state index in [0.29, 0.717) is 11.3 Å². The summed E-state index contributed by atoms with van der Waals surface area (Å²) in [4.78, 5) is 33.7. The van der Waals surface area contributed by atoms with Crippen molar-refractivity contribution in [1.82, 2.24) is 25.1 Å². The third-order valence-electron chi connectivity index (χ3n) is 4.29. The van der Waals surface area contributed by atoms with Gasteiger partial charge in [-0.2, -0.15) is 10.1 Å². The molecule has 3 rings (SSSR count). The number of aliphatic hydroxyl groups is 1. The van der Waals surface area contributed by atoms with E-state index in [1.165, 1.54) is 6.20 Å². The summed E-state index contributed by atoms with van der Waals surface area (Å²) in [6.07, 6.45) is 1.37. The lowest BCUT2D eigenvalue weighted by Gasteiger charge is -2.14. The molecule has 162 valence electrons. The second-order valence-corrected chi connectivity index (χ2v) is 6.64. The first kappa shape index (κ1) is 21.9. The molecule has 2 heterocycles. The van der Waals surface area contributed by atoms with Crippen molar-refractivity contribution in [2.75, 3.05) is 25.1 Å². The number of benzene rings is 1. The van der Waals surface area contributed by atoms with Gasteiger partial charge in [-0.1, -0.05) is 12.1 Å². The molecule has 0 saturated heterocycles. The third-order valence-corrected chi connectivity index (χ3v) is 4.29. The summed E-state index contributed by atoms with van der Waals surface area (Å²) in [6, 6.07) is 8.66. The minimum absolute atomic E-state index is 0.122. The molecule has 0 atom stereocenters. The van der Waals surface area contributed by atoms with Crippen LogP contribution >= 0.6 is 0 Å². The lowest BCUT2D eigenvalue weighted by atomic mass is 10.1. The Morgan fingerprint density at radius 2 is 1.97 bits per heavy atom. The smallest absolute Gasteiger partial charge is 0.343 e. The Morgan fingerprint density at radius 3 is 2.65 bits per heavy atom. The molecule has 0 radical (unpaired) electrons. The van der Waals surface area contributed by atoms with Crippen LogP contribution in [-0.2, 0) is 4.74 Å². The summed E-state index contributed by atoms with van der Waals surface area (Å²) >= 11 is 0. The first-order chi connectivity index (χ1) is 14.9. The van der Waals surface area contributed by atoms with Gasteiger partial charge in [0.05, 0.1) is 30.2 Å². The molecule has 0 aliphatic rings. The summed E-state index contributed by atoms with van der Waals surface area (Å²) < 4.78 is 6.69. The Kier molecular flexibility index (Phi) is 6.93. The number of aryl methyl sites for hydroxylation is 2. The zero-order chi connectivity index (χ0) is 22.4. The van der Waals surface area contributed by atoms with Crippen LogP contribution in [0.2, 0.25) is 0 Å². The molecule has 0 saturated carbocycles. The number of nitrogens with one attached hydrogen (secondary N) is 2. The lowest BCUT2D eigenvalue weighted by molar-refractivity contribution is 0.0526. The van der Waals surface area contributed by atoms with E-state index in [-0.39, 0.29) is 43.0 Å². The molecular formula is C21H24N6O4. The molecule has 31 heavy (non-hydrogen) atoms. The van der Waals surface area contributed by atoms with Gasteiger partial charge in [-0.3, -0.25) is 4.79 Å². The number of aliphatic hydroxyl groups excluding tert-OH is 1. The number of aromatic nitrogens is 4. The fourth-order valence-corrected chi connectivity index (χ4v) is 2.94. The van der Waals surface area contributed by atoms with E-state index < -0.39 is 5.97 Å². The third kappa shape index (κ3) is 5.04. The first-order valence-corrected chi connectivity index (χ1v) is 9.77. The molecule has 0 unspecified atom stereocenters. The van der Waals surface area contributed by atoms with Gasteiger partial charge in [0, 0.05) is 18.4 Å². The standard InChI is InChI=1S/C21H24N6O4/c1-4-31-20(30)16-12-23-21(27-14(3)11-13(2)26-27)25-18(16)24-17-8-6-5-7-15(17)19(29)22-9-10-28/h5-8,11-12,28H,4,9-10H2,1-3H3,(H,22,29)(H,23,24,25). The Morgan fingerprint density at radius 1 is 1.19 bits per heavy atom. The molecule has 1 amide bonds. The van der Waals surface area contributed by atoms with Gasteiger partial charge in [0.15, 0.2) is 5.82 Å². The molecular weight excluding hydrogens is 400 g/mol. The van der Waals surface area contributed by atoms with E-state index in [1.807, 2.05) is 19.9 Å². The fourth-order valence-electron chi connectivity index (χ4n) is 2.94. The molecule has 10 nitrogen and oxygen atoms in total. The maximum atomic E-state index is 12.5. The quantitative estimate of drug-likeness (QED) is 0.468. The summed E-state index contributed by atoms with van der Waals surface area (Å²) in [5.41, 5.74) is 2.52. The van der Waals surface area contributed by atoms with E-state index in [4.69, 9.17) is 9.84 Å². The molecule has 0 spiro atoms. The number of amides is 1. The number of carbonyl (C=O) groups excluding carboxylic acids is 2. The Labute approximate surface area is 179 Å². The second kappa shape index (κ2) is 9.81. The van der Waals surface area contributed by atoms with E-state index in [2.05, 4.69) is 25.7 Å². The van der Waals surface area contributed by atoms with Crippen molar-refractivity contribution in [3.63, 3.8) is 0 Å². The molecule has 0 aliphatic heterocycles. The monoisotopic (exact) mass is 424 g/mol. The van der Waals surface area contributed by atoms with Crippen LogP contribution in [0.1, 0.15) is 39.0 Å². The molecule has 0 bridgehead atoms. The van der Waals surface area contributed by atoms with Gasteiger partial charge in [0.25, 0.3) is 11.9 Å². The van der Waals surface area contributed by atoms with Gasteiger partial charge in [-0.15, -0.1) is 0 Å². The van der Waals surface area contributed by atoms with E-state index in [9.17, 15) is 9.59 Å². The highest BCUT2D eigenvalue weighted by atomic mass is 16.5. The molecule has 10 heteroatoms. The van der Waals surface area contributed by atoms with E-state index >= 15 is 0 Å². The van der Waals surface area contributed by atoms with E-state index in [0.717, 1.165) is 11.4 Å². The molecule has 1 aromatic carbocycles. The van der Waals surface area contributed by atoms with Gasteiger partial charge < -0.3 is 20.5 Å². The van der Waals surface area contributed by atoms with Crippen molar-refractivity contribution in [3.8, 4) is 5.95 Å². The molecule has 3 N–H and O–H groups in total. The highest BCUT2D eigenvalue weighted by molar-refractivity contribution is 6.01. The number of nitrogens with zero attached hydrogens (tertiary/aromatic N) is 4. The maximum Gasteiger partial charge on any atom is 0.343 e. The highest BCUT2D eigenvalue weighted by Crippen LogP contribution is 2.24. The molecule has 2 aromatic heterocycles.